The third-order valence-electron chi connectivity index (χ3n) is 7.05. The van der Waals surface area contributed by atoms with Gasteiger partial charge in [-0.15, -0.1) is 0 Å². The number of rotatable bonds is 9. The van der Waals surface area contributed by atoms with Crippen LogP contribution in [0.4, 0.5) is 10.5 Å². The maximum atomic E-state index is 13.2. The van der Waals surface area contributed by atoms with E-state index in [1.807, 2.05) is 50.2 Å². The molecule has 184 valence electrons. The predicted molar refractivity (Wildman–Crippen MR) is 141 cm³/mol. The summed E-state index contributed by atoms with van der Waals surface area (Å²) in [7, 11) is 0. The summed E-state index contributed by atoms with van der Waals surface area (Å²) in [6, 6.07) is 15.8. The van der Waals surface area contributed by atoms with Crippen molar-refractivity contribution in [2.24, 2.45) is 22.2 Å². The first-order valence-corrected chi connectivity index (χ1v) is 12.5. The zero-order valence-electron chi connectivity index (χ0n) is 21.5. The van der Waals surface area contributed by atoms with Crippen LogP contribution in [0.5, 0.6) is 5.75 Å². The second-order valence-electron chi connectivity index (χ2n) is 9.79. The van der Waals surface area contributed by atoms with Crippen LogP contribution in [0.1, 0.15) is 71.4 Å². The number of carbonyl (C=O) groups excluding carboxylic acids is 1. The summed E-state index contributed by atoms with van der Waals surface area (Å²) >= 11 is 0. The molecule has 6 heteroatoms. The van der Waals surface area contributed by atoms with E-state index >= 15 is 0 Å². The average Bonchev–Trinajstić information content (AvgIpc) is 3.27. The Balaban J connectivity index is 1.88. The van der Waals surface area contributed by atoms with Crippen molar-refractivity contribution in [3.8, 4) is 5.75 Å². The first kappa shape index (κ1) is 25.8. The van der Waals surface area contributed by atoms with Crippen molar-refractivity contribution in [1.29, 1.82) is 0 Å². The molecule has 0 fully saturated rings. The molecule has 6 nitrogen and oxygen atoms in total. The van der Waals surface area contributed by atoms with E-state index in [4.69, 9.17) is 15.6 Å². The summed E-state index contributed by atoms with van der Waals surface area (Å²) in [4.78, 5) is 13.2. The predicted octanol–water partition coefficient (Wildman–Crippen LogP) is 6.23. The monoisotopic (exact) mass is 464 g/mol. The van der Waals surface area contributed by atoms with Gasteiger partial charge in [0, 0.05) is 11.6 Å². The van der Waals surface area contributed by atoms with Gasteiger partial charge < -0.3 is 15.8 Å². The molecule has 0 aliphatic carbocycles. The molecule has 2 aromatic carbocycles. The Morgan fingerprint density at radius 1 is 1.09 bits per heavy atom. The maximum absolute atomic E-state index is 13.2. The third kappa shape index (κ3) is 5.61. The van der Waals surface area contributed by atoms with Crippen LogP contribution in [0.2, 0.25) is 0 Å². The molecule has 0 radical (unpaired) electrons. The molecule has 1 aliphatic heterocycles. The summed E-state index contributed by atoms with van der Waals surface area (Å²) in [5.41, 5.74) is 10.1. The van der Waals surface area contributed by atoms with E-state index in [0.29, 0.717) is 19.0 Å². The van der Waals surface area contributed by atoms with Crippen molar-refractivity contribution in [1.82, 2.24) is 5.01 Å². The minimum absolute atomic E-state index is 0.0541. The fourth-order valence-corrected chi connectivity index (χ4v) is 4.66. The van der Waals surface area contributed by atoms with E-state index in [-0.39, 0.29) is 23.5 Å². The highest BCUT2D eigenvalue weighted by atomic mass is 16.5. The molecule has 1 heterocycles. The Morgan fingerprint density at radius 3 is 2.21 bits per heavy atom. The van der Waals surface area contributed by atoms with Crippen LogP contribution in [0.25, 0.3) is 0 Å². The number of benzene rings is 2. The number of hydrogen-bond donors (Lipinski definition) is 2. The Kier molecular flexibility index (Phi) is 8.37. The van der Waals surface area contributed by atoms with Gasteiger partial charge in [-0.1, -0.05) is 39.8 Å². The van der Waals surface area contributed by atoms with Gasteiger partial charge in [0.2, 0.25) is 0 Å². The molecule has 34 heavy (non-hydrogen) atoms. The van der Waals surface area contributed by atoms with Crippen molar-refractivity contribution in [3.63, 3.8) is 0 Å². The Labute approximate surface area is 204 Å². The first-order chi connectivity index (χ1) is 16.2. The smallest absolute Gasteiger partial charge is 0.342 e. The number of nitrogens with two attached hydrogens (primary N) is 1. The molecule has 0 saturated heterocycles. The zero-order chi connectivity index (χ0) is 24.9. The van der Waals surface area contributed by atoms with E-state index < -0.39 is 0 Å². The van der Waals surface area contributed by atoms with Crippen LogP contribution < -0.4 is 15.8 Å². The number of nitrogens with zero attached hydrogens (tertiary/aromatic N) is 2. The van der Waals surface area contributed by atoms with Crippen LogP contribution in [-0.2, 0) is 0 Å². The van der Waals surface area contributed by atoms with Crippen LogP contribution in [-0.4, -0.2) is 35.9 Å². The normalized spacial score (nSPS) is 16.2. The second-order valence-corrected chi connectivity index (χ2v) is 9.79. The summed E-state index contributed by atoms with van der Waals surface area (Å²) < 4.78 is 5.80. The van der Waals surface area contributed by atoms with Gasteiger partial charge in [0.15, 0.2) is 0 Å². The zero-order valence-corrected chi connectivity index (χ0v) is 21.5. The summed E-state index contributed by atoms with van der Waals surface area (Å²) in [5, 5.41) is 9.39. The summed E-state index contributed by atoms with van der Waals surface area (Å²) in [6.07, 6.45) is 1.95. The van der Waals surface area contributed by atoms with E-state index in [1.165, 1.54) is 5.56 Å². The highest BCUT2D eigenvalue weighted by molar-refractivity contribution is 6.05. The largest absolute Gasteiger partial charge is 0.491 e. The van der Waals surface area contributed by atoms with Gasteiger partial charge in [0.1, 0.15) is 5.75 Å². The van der Waals surface area contributed by atoms with Crippen LogP contribution in [0, 0.1) is 11.3 Å². The second kappa shape index (κ2) is 11.0. The molecular weight excluding hydrogens is 424 g/mol. The van der Waals surface area contributed by atoms with Gasteiger partial charge in [0.05, 0.1) is 18.4 Å². The highest BCUT2D eigenvalue weighted by Crippen LogP contribution is 2.40. The topological polar surface area (TPSA) is 80.0 Å². The van der Waals surface area contributed by atoms with Crippen molar-refractivity contribution >= 4 is 17.4 Å². The van der Waals surface area contributed by atoms with Gasteiger partial charge in [-0.05, 0) is 92.1 Å². The van der Waals surface area contributed by atoms with E-state index in [0.717, 1.165) is 35.6 Å². The van der Waals surface area contributed by atoms with Crippen LogP contribution >= 0.6 is 0 Å². The Morgan fingerprint density at radius 2 is 1.71 bits per heavy atom. The molecule has 0 saturated carbocycles. The van der Waals surface area contributed by atoms with Gasteiger partial charge in [-0.2, -0.15) is 5.10 Å². The Bertz CT molecular complexity index is 968. The third-order valence-corrected chi connectivity index (χ3v) is 7.05. The standard InChI is InChI=1S/C28H40N4O2/c1-7-28(8-2,18-29)25-17-32(27(33)30-23-13-9-21(10-14-23)19(3)4)31-26(25)22-11-15-24(16-12-22)34-20(5)6/h9-16,19-20,25H,7-8,17-18,29H2,1-6H3,(H,30,33)/t25-/m1/s1. The first-order valence-electron chi connectivity index (χ1n) is 12.5. The molecule has 0 spiro atoms. The van der Waals surface area contributed by atoms with Crippen LogP contribution in [0.15, 0.2) is 53.6 Å². The van der Waals surface area contributed by atoms with E-state index in [1.54, 1.807) is 5.01 Å². The highest BCUT2D eigenvalue weighted by Gasteiger charge is 2.44. The lowest BCUT2D eigenvalue weighted by atomic mass is 9.68. The fraction of sp³-hybridized carbons (Fsp3) is 0.500. The van der Waals surface area contributed by atoms with Crippen molar-refractivity contribution in [2.45, 2.75) is 66.4 Å². The van der Waals surface area contributed by atoms with Gasteiger partial charge >= 0.3 is 6.03 Å². The summed E-state index contributed by atoms with van der Waals surface area (Å²) in [6.45, 7) is 13.7. The van der Waals surface area contributed by atoms with Gasteiger partial charge in [-0.25, -0.2) is 9.80 Å². The molecule has 2 aromatic rings. The molecule has 1 atom stereocenters. The number of hydrazone groups is 1. The maximum Gasteiger partial charge on any atom is 0.342 e. The van der Waals surface area contributed by atoms with Crippen molar-refractivity contribution < 1.29 is 9.53 Å². The quantitative estimate of drug-likeness (QED) is 0.462. The lowest BCUT2D eigenvalue weighted by Crippen LogP contribution is -2.43. The number of ether oxygens (including phenoxy) is 1. The number of carbonyl (C=O) groups is 1. The molecular formula is C28H40N4O2. The molecule has 2 amide bonds. The number of urea groups is 1. The minimum Gasteiger partial charge on any atom is -0.491 e. The number of anilines is 1. The number of nitrogens with one attached hydrogen (secondary N) is 1. The average molecular weight is 465 g/mol. The number of hydrogen-bond acceptors (Lipinski definition) is 4. The molecule has 1 aliphatic rings. The van der Waals surface area contributed by atoms with Crippen molar-refractivity contribution in [3.05, 3.63) is 59.7 Å². The lowest BCUT2D eigenvalue weighted by Gasteiger charge is -2.37. The molecule has 0 aromatic heterocycles. The summed E-state index contributed by atoms with van der Waals surface area (Å²) in [5.74, 6) is 1.32. The van der Waals surface area contributed by atoms with Gasteiger partial charge in [-0.3, -0.25) is 0 Å². The molecule has 0 bridgehead atoms. The molecule has 0 unspecified atom stereocenters. The molecule has 3 N–H and O–H groups in total. The lowest BCUT2D eigenvalue weighted by molar-refractivity contribution is 0.172. The number of amides is 2. The minimum atomic E-state index is -0.227. The van der Waals surface area contributed by atoms with Crippen molar-refractivity contribution in [2.75, 3.05) is 18.4 Å². The van der Waals surface area contributed by atoms with Gasteiger partial charge in [0.25, 0.3) is 0 Å². The SMILES string of the molecule is CCC(CC)(CN)[C@@H]1CN(C(=O)Nc2ccc(C(C)C)cc2)N=C1c1ccc(OC(C)C)cc1. The molecule has 3 rings (SSSR count). The Hall–Kier alpha value is -2.86. The fourth-order valence-electron chi connectivity index (χ4n) is 4.66. The van der Waals surface area contributed by atoms with E-state index in [2.05, 4.69) is 45.1 Å². The van der Waals surface area contributed by atoms with E-state index in [9.17, 15) is 4.79 Å². The van der Waals surface area contributed by atoms with Crippen LogP contribution in [0.3, 0.4) is 0 Å².